The highest BCUT2D eigenvalue weighted by Crippen LogP contribution is 2.11. The summed E-state index contributed by atoms with van der Waals surface area (Å²) < 4.78 is 40.1. The van der Waals surface area contributed by atoms with Gasteiger partial charge in [0.1, 0.15) is 5.82 Å². The molecule has 9 heteroatoms. The number of rotatable bonds is 9. The first-order chi connectivity index (χ1) is 13.2. The number of nitrogens with two attached hydrogens (primary N) is 1. The molecule has 0 aliphatic carbocycles. The molecule has 0 saturated heterocycles. The molecule has 1 atom stereocenters. The van der Waals surface area contributed by atoms with Gasteiger partial charge >= 0.3 is 0 Å². The van der Waals surface area contributed by atoms with E-state index < -0.39 is 27.9 Å². The van der Waals surface area contributed by atoms with Gasteiger partial charge < -0.3 is 11.1 Å². The van der Waals surface area contributed by atoms with E-state index in [1.807, 2.05) is 0 Å². The summed E-state index contributed by atoms with van der Waals surface area (Å²) in [6.07, 6.45) is 1.17. The molecule has 0 radical (unpaired) electrons. The first-order valence-electron chi connectivity index (χ1n) is 8.63. The standard InChI is InChI=1S/C19H22FN3O4S/c1-13(19(25)22-11-3-5-14-4-2-6-16(20)12-14)23-28(26,27)17-9-7-15(8-10-17)18(21)24/h2,4,6-10,12-13,23H,3,5,11H2,1H3,(H2,21,24)(H,22,25). The van der Waals surface area contributed by atoms with Crippen LogP contribution >= 0.6 is 0 Å². The van der Waals surface area contributed by atoms with Gasteiger partial charge in [-0.05, 0) is 61.7 Å². The van der Waals surface area contributed by atoms with E-state index in [0.717, 1.165) is 5.56 Å². The third-order valence-corrected chi connectivity index (χ3v) is 5.56. The minimum atomic E-state index is -3.93. The van der Waals surface area contributed by atoms with Gasteiger partial charge in [0.2, 0.25) is 21.8 Å². The van der Waals surface area contributed by atoms with Crippen LogP contribution in [0.25, 0.3) is 0 Å². The molecule has 0 aliphatic heterocycles. The van der Waals surface area contributed by atoms with Gasteiger partial charge in [-0.15, -0.1) is 0 Å². The molecule has 2 rings (SSSR count). The predicted octanol–water partition coefficient (Wildman–Crippen LogP) is 1.34. The van der Waals surface area contributed by atoms with Crippen molar-refractivity contribution < 1.29 is 22.4 Å². The number of hydrogen-bond acceptors (Lipinski definition) is 4. The number of amides is 2. The smallest absolute Gasteiger partial charge is 0.248 e. The molecule has 0 aromatic heterocycles. The Morgan fingerprint density at radius 1 is 1.14 bits per heavy atom. The van der Waals surface area contributed by atoms with Gasteiger partial charge in [0, 0.05) is 12.1 Å². The minimum Gasteiger partial charge on any atom is -0.366 e. The van der Waals surface area contributed by atoms with Crippen molar-refractivity contribution in [2.45, 2.75) is 30.7 Å². The Bertz CT molecular complexity index is 946. The molecule has 2 amide bonds. The second-order valence-electron chi connectivity index (χ2n) is 6.26. The van der Waals surface area contributed by atoms with Gasteiger partial charge in [-0.1, -0.05) is 12.1 Å². The number of sulfonamides is 1. The third kappa shape index (κ3) is 6.14. The van der Waals surface area contributed by atoms with Gasteiger partial charge in [0.15, 0.2) is 0 Å². The van der Waals surface area contributed by atoms with Crippen LogP contribution in [0.4, 0.5) is 4.39 Å². The van der Waals surface area contributed by atoms with Crippen molar-refractivity contribution in [2.75, 3.05) is 6.54 Å². The van der Waals surface area contributed by atoms with E-state index in [4.69, 9.17) is 5.73 Å². The highest BCUT2D eigenvalue weighted by Gasteiger charge is 2.22. The molecule has 0 spiro atoms. The van der Waals surface area contributed by atoms with E-state index in [0.29, 0.717) is 19.4 Å². The van der Waals surface area contributed by atoms with Crippen LogP contribution in [0.3, 0.4) is 0 Å². The van der Waals surface area contributed by atoms with Crippen LogP contribution in [0.5, 0.6) is 0 Å². The molecule has 4 N–H and O–H groups in total. The van der Waals surface area contributed by atoms with Crippen molar-refractivity contribution in [1.82, 2.24) is 10.0 Å². The molecule has 0 heterocycles. The Morgan fingerprint density at radius 3 is 2.43 bits per heavy atom. The summed E-state index contributed by atoms with van der Waals surface area (Å²) in [5.41, 5.74) is 6.13. The van der Waals surface area contributed by atoms with E-state index in [2.05, 4.69) is 10.0 Å². The monoisotopic (exact) mass is 407 g/mol. The molecule has 150 valence electrons. The van der Waals surface area contributed by atoms with Crippen molar-refractivity contribution in [3.63, 3.8) is 0 Å². The van der Waals surface area contributed by atoms with E-state index in [1.165, 1.54) is 43.3 Å². The highest BCUT2D eigenvalue weighted by molar-refractivity contribution is 7.89. The summed E-state index contributed by atoms with van der Waals surface area (Å²) in [6, 6.07) is 10.3. The lowest BCUT2D eigenvalue weighted by Crippen LogP contribution is -2.45. The Labute approximate surface area is 163 Å². The maximum atomic E-state index is 13.1. The normalized spacial score (nSPS) is 12.4. The quantitative estimate of drug-likeness (QED) is 0.544. The number of hydrogen-bond donors (Lipinski definition) is 3. The Kier molecular flexibility index (Phi) is 7.24. The van der Waals surface area contributed by atoms with Gasteiger partial charge in [-0.3, -0.25) is 9.59 Å². The van der Waals surface area contributed by atoms with E-state index in [1.54, 1.807) is 12.1 Å². The van der Waals surface area contributed by atoms with Crippen LogP contribution in [0.2, 0.25) is 0 Å². The van der Waals surface area contributed by atoms with E-state index in [9.17, 15) is 22.4 Å². The summed E-state index contributed by atoms with van der Waals surface area (Å²) in [5, 5.41) is 2.64. The number of benzene rings is 2. The molecule has 0 fully saturated rings. The summed E-state index contributed by atoms with van der Waals surface area (Å²) in [5.74, 6) is -1.45. The molecule has 2 aromatic carbocycles. The molecular formula is C19H22FN3O4S. The lowest BCUT2D eigenvalue weighted by molar-refractivity contribution is -0.122. The zero-order valence-electron chi connectivity index (χ0n) is 15.3. The summed E-state index contributed by atoms with van der Waals surface area (Å²) in [6.45, 7) is 1.76. The minimum absolute atomic E-state index is 0.0803. The maximum Gasteiger partial charge on any atom is 0.248 e. The van der Waals surface area contributed by atoms with Crippen molar-refractivity contribution in [3.05, 3.63) is 65.5 Å². The third-order valence-electron chi connectivity index (χ3n) is 4.00. The number of primary amides is 1. The lowest BCUT2D eigenvalue weighted by Gasteiger charge is -2.14. The van der Waals surface area contributed by atoms with Gasteiger partial charge in [0.05, 0.1) is 10.9 Å². The lowest BCUT2D eigenvalue weighted by atomic mass is 10.1. The molecule has 28 heavy (non-hydrogen) atoms. The zero-order chi connectivity index (χ0) is 20.7. The molecule has 0 saturated carbocycles. The predicted molar refractivity (Wildman–Crippen MR) is 102 cm³/mol. The fraction of sp³-hybridized carbons (Fsp3) is 0.263. The average Bonchev–Trinajstić information content (AvgIpc) is 2.64. The van der Waals surface area contributed by atoms with Crippen LogP contribution in [0, 0.1) is 5.82 Å². The number of nitrogens with one attached hydrogen (secondary N) is 2. The Hall–Kier alpha value is -2.78. The second-order valence-corrected chi connectivity index (χ2v) is 7.97. The first-order valence-corrected chi connectivity index (χ1v) is 10.1. The summed E-state index contributed by atoms with van der Waals surface area (Å²) in [7, 11) is -3.93. The van der Waals surface area contributed by atoms with Crippen LogP contribution in [-0.4, -0.2) is 32.8 Å². The average molecular weight is 407 g/mol. The number of halogens is 1. The number of aryl methyl sites for hydroxylation is 1. The number of carbonyl (C=O) groups is 2. The van der Waals surface area contributed by atoms with Gasteiger partial charge in [-0.2, -0.15) is 4.72 Å². The molecule has 7 nitrogen and oxygen atoms in total. The SMILES string of the molecule is CC(NS(=O)(=O)c1ccc(C(N)=O)cc1)C(=O)NCCCc1cccc(F)c1. The largest absolute Gasteiger partial charge is 0.366 e. The van der Waals surface area contributed by atoms with Crippen LogP contribution in [0.15, 0.2) is 53.4 Å². The Morgan fingerprint density at radius 2 is 1.82 bits per heavy atom. The topological polar surface area (TPSA) is 118 Å². The molecule has 1 unspecified atom stereocenters. The molecule has 0 bridgehead atoms. The van der Waals surface area contributed by atoms with Crippen LogP contribution in [-0.2, 0) is 21.2 Å². The molecule has 0 aliphatic rings. The molecule has 2 aromatic rings. The van der Waals surface area contributed by atoms with Gasteiger partial charge in [0.25, 0.3) is 0 Å². The first kappa shape index (κ1) is 21.5. The summed E-state index contributed by atoms with van der Waals surface area (Å²) >= 11 is 0. The van der Waals surface area contributed by atoms with Crippen molar-refractivity contribution in [1.29, 1.82) is 0 Å². The second kappa shape index (κ2) is 9.43. The maximum absolute atomic E-state index is 13.1. The van der Waals surface area contributed by atoms with E-state index >= 15 is 0 Å². The van der Waals surface area contributed by atoms with Crippen LogP contribution in [0.1, 0.15) is 29.3 Å². The van der Waals surface area contributed by atoms with E-state index in [-0.39, 0.29) is 16.3 Å². The fourth-order valence-corrected chi connectivity index (χ4v) is 3.71. The fourth-order valence-electron chi connectivity index (χ4n) is 2.50. The van der Waals surface area contributed by atoms with Gasteiger partial charge in [-0.25, -0.2) is 12.8 Å². The van der Waals surface area contributed by atoms with Crippen LogP contribution < -0.4 is 15.8 Å². The molecular weight excluding hydrogens is 385 g/mol. The van der Waals surface area contributed by atoms with Crippen molar-refractivity contribution in [2.24, 2.45) is 5.73 Å². The Balaban J connectivity index is 1.84. The van der Waals surface area contributed by atoms with Crippen molar-refractivity contribution in [3.8, 4) is 0 Å². The van der Waals surface area contributed by atoms with Crippen molar-refractivity contribution >= 4 is 21.8 Å². The highest BCUT2D eigenvalue weighted by atomic mass is 32.2. The summed E-state index contributed by atoms with van der Waals surface area (Å²) in [4.78, 5) is 23.1. The zero-order valence-corrected chi connectivity index (χ0v) is 16.1. The number of carbonyl (C=O) groups excluding carboxylic acids is 2.